The van der Waals surface area contributed by atoms with Crippen LogP contribution in [0.15, 0.2) is 18.2 Å². The van der Waals surface area contributed by atoms with E-state index in [0.717, 1.165) is 23.4 Å². The molecule has 0 spiro atoms. The summed E-state index contributed by atoms with van der Waals surface area (Å²) < 4.78 is 0. The second-order valence-corrected chi connectivity index (χ2v) is 5.08. The molecule has 2 nitrogen and oxygen atoms in total. The number of aryl methyl sites for hydroxylation is 1. The number of anilines is 2. The van der Waals surface area contributed by atoms with Crippen LogP contribution in [0, 0.1) is 6.92 Å². The Hall–Kier alpha value is -0.830. The molecule has 1 atom stereocenters. The molecule has 90 valence electrons. The standard InChI is InChI=1S/C13H22N2S/c1-5-11(9-16-4)15(3)12-7-6-10(2)13(14)8-12/h6-8,11H,5,9,14H2,1-4H3. The van der Waals surface area contributed by atoms with Gasteiger partial charge in [-0.25, -0.2) is 0 Å². The molecular formula is C13H22N2S. The van der Waals surface area contributed by atoms with E-state index in [1.54, 1.807) is 0 Å². The monoisotopic (exact) mass is 238 g/mol. The summed E-state index contributed by atoms with van der Waals surface area (Å²) in [4.78, 5) is 2.33. The smallest absolute Gasteiger partial charge is 0.0387 e. The number of nitrogens with two attached hydrogens (primary N) is 1. The van der Waals surface area contributed by atoms with Crippen LogP contribution in [0.2, 0.25) is 0 Å². The van der Waals surface area contributed by atoms with Gasteiger partial charge in [0, 0.05) is 30.2 Å². The fourth-order valence-corrected chi connectivity index (χ4v) is 2.60. The molecule has 0 amide bonds. The van der Waals surface area contributed by atoms with Gasteiger partial charge in [-0.2, -0.15) is 11.8 Å². The van der Waals surface area contributed by atoms with Gasteiger partial charge in [-0.3, -0.25) is 0 Å². The summed E-state index contributed by atoms with van der Waals surface area (Å²) in [5.41, 5.74) is 9.18. The molecule has 0 heterocycles. The molecule has 0 bridgehead atoms. The van der Waals surface area contributed by atoms with Crippen molar-refractivity contribution in [1.29, 1.82) is 0 Å². The van der Waals surface area contributed by atoms with Gasteiger partial charge in [0.25, 0.3) is 0 Å². The van der Waals surface area contributed by atoms with Gasteiger partial charge in [-0.1, -0.05) is 13.0 Å². The summed E-state index contributed by atoms with van der Waals surface area (Å²) >= 11 is 1.89. The number of nitrogen functional groups attached to an aromatic ring is 1. The highest BCUT2D eigenvalue weighted by atomic mass is 32.2. The summed E-state index contributed by atoms with van der Waals surface area (Å²) in [5.74, 6) is 1.15. The molecule has 0 aromatic heterocycles. The largest absolute Gasteiger partial charge is 0.398 e. The van der Waals surface area contributed by atoms with Gasteiger partial charge < -0.3 is 10.6 Å². The predicted octanol–water partition coefficient (Wildman–Crippen LogP) is 3.16. The topological polar surface area (TPSA) is 29.3 Å². The third-order valence-electron chi connectivity index (χ3n) is 3.05. The fraction of sp³-hybridized carbons (Fsp3) is 0.538. The number of rotatable bonds is 5. The molecule has 16 heavy (non-hydrogen) atoms. The molecule has 0 aliphatic heterocycles. The van der Waals surface area contributed by atoms with E-state index in [1.807, 2.05) is 18.7 Å². The van der Waals surface area contributed by atoms with Crippen molar-refractivity contribution in [3.8, 4) is 0 Å². The first kappa shape index (κ1) is 13.2. The zero-order valence-electron chi connectivity index (χ0n) is 10.7. The average Bonchev–Trinajstić information content (AvgIpc) is 2.28. The van der Waals surface area contributed by atoms with Crippen LogP contribution >= 0.6 is 11.8 Å². The lowest BCUT2D eigenvalue weighted by molar-refractivity contribution is 0.673. The number of hydrogen-bond acceptors (Lipinski definition) is 3. The average molecular weight is 238 g/mol. The Labute approximate surface area is 103 Å². The Balaban J connectivity index is 2.85. The van der Waals surface area contributed by atoms with E-state index in [0.29, 0.717) is 6.04 Å². The molecule has 0 saturated heterocycles. The molecule has 1 aromatic rings. The van der Waals surface area contributed by atoms with Crippen LogP contribution in [0.3, 0.4) is 0 Å². The van der Waals surface area contributed by atoms with Crippen LogP contribution in [0.5, 0.6) is 0 Å². The zero-order chi connectivity index (χ0) is 12.1. The van der Waals surface area contributed by atoms with Crippen molar-refractivity contribution in [1.82, 2.24) is 0 Å². The summed E-state index contributed by atoms with van der Waals surface area (Å²) in [6.45, 7) is 4.27. The van der Waals surface area contributed by atoms with Crippen molar-refractivity contribution in [2.24, 2.45) is 0 Å². The van der Waals surface area contributed by atoms with Crippen molar-refractivity contribution in [2.75, 3.05) is 29.7 Å². The van der Waals surface area contributed by atoms with E-state index in [2.05, 4.69) is 43.3 Å². The SMILES string of the molecule is CCC(CSC)N(C)c1ccc(C)c(N)c1. The zero-order valence-corrected chi connectivity index (χ0v) is 11.5. The van der Waals surface area contributed by atoms with E-state index < -0.39 is 0 Å². The summed E-state index contributed by atoms with van der Waals surface area (Å²) in [6.07, 6.45) is 3.31. The first-order chi connectivity index (χ1) is 7.60. The number of benzene rings is 1. The highest BCUT2D eigenvalue weighted by Gasteiger charge is 2.13. The third-order valence-corrected chi connectivity index (χ3v) is 3.77. The van der Waals surface area contributed by atoms with Crippen molar-refractivity contribution in [2.45, 2.75) is 26.3 Å². The van der Waals surface area contributed by atoms with E-state index in [-0.39, 0.29) is 0 Å². The van der Waals surface area contributed by atoms with Crippen LogP contribution < -0.4 is 10.6 Å². The molecular weight excluding hydrogens is 216 g/mol. The molecule has 1 aromatic carbocycles. The highest BCUT2D eigenvalue weighted by Crippen LogP contribution is 2.23. The van der Waals surface area contributed by atoms with Crippen LogP contribution in [0.4, 0.5) is 11.4 Å². The van der Waals surface area contributed by atoms with E-state index in [1.165, 1.54) is 5.69 Å². The Kier molecular flexibility index (Phi) is 5.00. The first-order valence-corrected chi connectivity index (χ1v) is 7.07. The predicted molar refractivity (Wildman–Crippen MR) is 76.5 cm³/mol. The lowest BCUT2D eigenvalue weighted by Gasteiger charge is -2.29. The molecule has 0 aliphatic carbocycles. The number of nitrogens with zero attached hydrogens (tertiary/aromatic N) is 1. The normalized spacial score (nSPS) is 12.5. The summed E-state index contributed by atoms with van der Waals surface area (Å²) in [7, 11) is 2.15. The highest BCUT2D eigenvalue weighted by molar-refractivity contribution is 7.98. The van der Waals surface area contributed by atoms with Gasteiger partial charge in [0.2, 0.25) is 0 Å². The maximum atomic E-state index is 5.94. The van der Waals surface area contributed by atoms with E-state index in [9.17, 15) is 0 Å². The fourth-order valence-electron chi connectivity index (χ4n) is 1.75. The van der Waals surface area contributed by atoms with Gasteiger partial charge >= 0.3 is 0 Å². The van der Waals surface area contributed by atoms with Crippen molar-refractivity contribution in [3.63, 3.8) is 0 Å². The van der Waals surface area contributed by atoms with Crippen LogP contribution in [-0.4, -0.2) is 25.1 Å². The molecule has 0 saturated carbocycles. The lowest BCUT2D eigenvalue weighted by Crippen LogP contribution is -2.33. The van der Waals surface area contributed by atoms with Gasteiger partial charge in [0.05, 0.1) is 0 Å². The first-order valence-electron chi connectivity index (χ1n) is 5.68. The molecule has 0 fully saturated rings. The van der Waals surface area contributed by atoms with Gasteiger partial charge in [0.1, 0.15) is 0 Å². The molecule has 2 N–H and O–H groups in total. The Bertz CT molecular complexity index is 339. The Morgan fingerprint density at radius 1 is 1.44 bits per heavy atom. The molecule has 1 unspecified atom stereocenters. The van der Waals surface area contributed by atoms with Crippen molar-refractivity contribution in [3.05, 3.63) is 23.8 Å². The molecule has 1 rings (SSSR count). The van der Waals surface area contributed by atoms with Crippen molar-refractivity contribution < 1.29 is 0 Å². The number of hydrogen-bond donors (Lipinski definition) is 1. The second-order valence-electron chi connectivity index (χ2n) is 4.17. The quantitative estimate of drug-likeness (QED) is 0.799. The van der Waals surface area contributed by atoms with Gasteiger partial charge in [-0.05, 0) is 37.3 Å². The maximum absolute atomic E-state index is 5.94. The van der Waals surface area contributed by atoms with Crippen LogP contribution in [0.25, 0.3) is 0 Å². The minimum absolute atomic E-state index is 0.581. The Morgan fingerprint density at radius 3 is 2.62 bits per heavy atom. The second kappa shape index (κ2) is 6.04. The minimum Gasteiger partial charge on any atom is -0.398 e. The van der Waals surface area contributed by atoms with Crippen LogP contribution in [0.1, 0.15) is 18.9 Å². The van der Waals surface area contributed by atoms with Gasteiger partial charge in [-0.15, -0.1) is 0 Å². The molecule has 3 heteroatoms. The van der Waals surface area contributed by atoms with E-state index >= 15 is 0 Å². The van der Waals surface area contributed by atoms with E-state index in [4.69, 9.17) is 5.73 Å². The van der Waals surface area contributed by atoms with Gasteiger partial charge in [0.15, 0.2) is 0 Å². The summed E-state index contributed by atoms with van der Waals surface area (Å²) in [6, 6.07) is 6.89. The molecule has 0 radical (unpaired) electrons. The number of thioether (sulfide) groups is 1. The maximum Gasteiger partial charge on any atom is 0.0387 e. The third kappa shape index (κ3) is 3.08. The lowest BCUT2D eigenvalue weighted by atomic mass is 10.1. The molecule has 0 aliphatic rings. The summed E-state index contributed by atoms with van der Waals surface area (Å²) in [5, 5.41) is 0. The minimum atomic E-state index is 0.581. The van der Waals surface area contributed by atoms with Crippen molar-refractivity contribution >= 4 is 23.1 Å². The van der Waals surface area contributed by atoms with Crippen LogP contribution in [-0.2, 0) is 0 Å². The Morgan fingerprint density at radius 2 is 2.12 bits per heavy atom.